The predicted octanol–water partition coefficient (Wildman–Crippen LogP) is 11.5. The zero-order valence-corrected chi connectivity index (χ0v) is 23.6. The molecule has 202 valence electrons. The minimum Gasteiger partial charge on any atom is -0.309 e. The van der Waals surface area contributed by atoms with Gasteiger partial charge in [0.2, 0.25) is 0 Å². The first-order valence-corrected chi connectivity index (χ1v) is 14.4. The minimum atomic E-state index is -0.0982. The number of nitrogens with zero attached hydrogens (tertiary/aromatic N) is 1. The fourth-order valence-electron chi connectivity index (χ4n) is 6.84. The normalized spacial score (nSPS) is 13.4. The molecule has 1 heterocycles. The van der Waals surface area contributed by atoms with Crippen LogP contribution in [0, 0.1) is 6.92 Å². The maximum Gasteiger partial charge on any atom is 0.0547 e. The van der Waals surface area contributed by atoms with Gasteiger partial charge < -0.3 is 4.57 Å². The molecule has 8 rings (SSSR count). The summed E-state index contributed by atoms with van der Waals surface area (Å²) in [6.45, 7) is 6.91. The van der Waals surface area contributed by atoms with E-state index in [9.17, 15) is 0 Å². The third-order valence-electron chi connectivity index (χ3n) is 9.07. The lowest BCUT2D eigenvalue weighted by Crippen LogP contribution is -2.15. The number of benzene rings is 6. The second kappa shape index (κ2) is 8.81. The van der Waals surface area contributed by atoms with Crippen LogP contribution in [-0.2, 0) is 5.41 Å². The van der Waals surface area contributed by atoms with Gasteiger partial charge in [0.05, 0.1) is 11.0 Å². The Kier molecular flexibility index (Phi) is 5.15. The molecule has 41 heavy (non-hydrogen) atoms. The Morgan fingerprint density at radius 1 is 0.488 bits per heavy atom. The second-order valence-corrected chi connectivity index (χ2v) is 11.9. The number of rotatable bonds is 3. The molecular weight excluding hydrogens is 494 g/mol. The van der Waals surface area contributed by atoms with Gasteiger partial charge in [-0.3, -0.25) is 0 Å². The van der Waals surface area contributed by atoms with E-state index in [4.69, 9.17) is 0 Å². The van der Waals surface area contributed by atoms with E-state index in [0.29, 0.717) is 0 Å². The average Bonchev–Trinajstić information content (AvgIpc) is 3.45. The third kappa shape index (κ3) is 3.62. The van der Waals surface area contributed by atoms with Gasteiger partial charge in [0.15, 0.2) is 0 Å². The van der Waals surface area contributed by atoms with Gasteiger partial charge >= 0.3 is 0 Å². The van der Waals surface area contributed by atoms with Crippen LogP contribution in [0.1, 0.15) is 34.8 Å². The van der Waals surface area contributed by atoms with E-state index >= 15 is 0 Å². The fraction of sp³-hybridized carbons (Fsp3) is 0.100. The molecule has 6 aromatic carbocycles. The molecule has 0 atom stereocenters. The van der Waals surface area contributed by atoms with Crippen LogP contribution in [0.15, 0.2) is 133 Å². The lowest BCUT2D eigenvalue weighted by atomic mass is 9.81. The van der Waals surface area contributed by atoms with E-state index in [-0.39, 0.29) is 9.69 Å². The summed E-state index contributed by atoms with van der Waals surface area (Å²) in [5.41, 5.74) is 15.4. The van der Waals surface area contributed by atoms with Gasteiger partial charge in [0, 0.05) is 26.2 Å². The lowest BCUT2D eigenvalue weighted by molar-refractivity contribution is 0.661. The molecule has 0 radical (unpaired) electrons. The summed E-state index contributed by atoms with van der Waals surface area (Å²) in [4.78, 5) is 0. The molecule has 0 unspecified atom stereocenters. The number of fused-ring (bicyclic) bond motifs is 6. The largest absolute Gasteiger partial charge is 0.309 e. The maximum absolute atomic E-state index is 2.48. The Morgan fingerprint density at radius 3 is 1.76 bits per heavy atom. The third-order valence-corrected chi connectivity index (χ3v) is 9.07. The molecule has 1 heteroatoms. The van der Waals surface area contributed by atoms with E-state index < -0.39 is 0 Å². The van der Waals surface area contributed by atoms with E-state index in [1.807, 2.05) is 0 Å². The number of hydrogen-bond donors (Lipinski definition) is 0. The van der Waals surface area contributed by atoms with E-state index in [0.717, 1.165) is 0 Å². The van der Waals surface area contributed by atoms with Crippen molar-refractivity contribution < 1.29 is 4.28 Å². The van der Waals surface area contributed by atoms with Crippen LogP contribution in [0.3, 0.4) is 0 Å². The Hall–Kier alpha value is -4.88. The van der Waals surface area contributed by atoms with Crippen molar-refractivity contribution in [3.63, 3.8) is 0 Å². The van der Waals surface area contributed by atoms with Crippen molar-refractivity contribution in [2.24, 2.45) is 0 Å². The smallest absolute Gasteiger partial charge is 0.0547 e. The van der Waals surface area contributed by atoms with Gasteiger partial charge in [0.1, 0.15) is 0 Å². The molecule has 0 spiro atoms. The Balaban J connectivity index is 0.00000128. The highest BCUT2D eigenvalue weighted by atomic mass is 15.0. The molecule has 0 N–H and O–H groups in total. The summed E-state index contributed by atoms with van der Waals surface area (Å²) in [6, 6.07) is 49.2. The van der Waals surface area contributed by atoms with Crippen LogP contribution in [0.4, 0.5) is 0 Å². The van der Waals surface area contributed by atoms with Crippen molar-refractivity contribution in [3.05, 3.63) is 150 Å². The molecule has 0 bridgehead atoms. The number of aromatic nitrogens is 1. The van der Waals surface area contributed by atoms with Crippen LogP contribution >= 0.6 is 0 Å². The molecule has 1 aromatic heterocycles. The second-order valence-electron chi connectivity index (χ2n) is 11.9. The van der Waals surface area contributed by atoms with Crippen molar-refractivity contribution in [1.82, 2.24) is 4.57 Å². The van der Waals surface area contributed by atoms with Crippen molar-refractivity contribution in [3.8, 4) is 39.1 Å². The number of hydrogen-bond acceptors (Lipinski definition) is 0. The van der Waals surface area contributed by atoms with Crippen molar-refractivity contribution in [2.45, 2.75) is 26.2 Å². The van der Waals surface area contributed by atoms with E-state index in [1.54, 1.807) is 0 Å². The van der Waals surface area contributed by atoms with Gasteiger partial charge in [0.25, 0.3) is 0 Å². The van der Waals surface area contributed by atoms with Crippen molar-refractivity contribution in [1.29, 1.82) is 0 Å². The van der Waals surface area contributed by atoms with Crippen LogP contribution in [0.25, 0.3) is 60.9 Å². The number of aryl methyl sites for hydroxylation is 1. The van der Waals surface area contributed by atoms with Gasteiger partial charge in [-0.15, -0.1) is 0 Å². The molecule has 1 nitrogen and oxygen atoms in total. The highest BCUT2D eigenvalue weighted by molar-refractivity contribution is 6.12. The lowest BCUT2D eigenvalue weighted by Gasteiger charge is -2.22. The predicted molar refractivity (Wildman–Crippen MR) is 180 cm³/mol. The fourth-order valence-corrected chi connectivity index (χ4v) is 6.84. The SMILES string of the molecule is Cc1ccc(-n2c3ccc(-c4ccccc4)cc3c3cc4c(cc32)-c2ccc(-c3ccccc3)cc2C4(C)C)cc1.[HH].[HH].[HH]. The van der Waals surface area contributed by atoms with E-state index in [2.05, 4.69) is 159 Å². The van der Waals surface area contributed by atoms with Gasteiger partial charge in [-0.2, -0.15) is 0 Å². The van der Waals surface area contributed by atoms with Gasteiger partial charge in [-0.1, -0.05) is 110 Å². The van der Waals surface area contributed by atoms with Crippen LogP contribution in [0.5, 0.6) is 0 Å². The highest BCUT2D eigenvalue weighted by Gasteiger charge is 2.36. The van der Waals surface area contributed by atoms with Crippen molar-refractivity contribution >= 4 is 21.8 Å². The van der Waals surface area contributed by atoms with E-state index in [1.165, 1.54) is 77.6 Å². The van der Waals surface area contributed by atoms with Crippen LogP contribution in [-0.4, -0.2) is 4.57 Å². The van der Waals surface area contributed by atoms with Crippen molar-refractivity contribution in [2.75, 3.05) is 0 Å². The molecule has 7 aromatic rings. The topological polar surface area (TPSA) is 4.93 Å². The maximum atomic E-state index is 2.48. The summed E-state index contributed by atoms with van der Waals surface area (Å²) in [5.74, 6) is 0. The molecule has 0 amide bonds. The summed E-state index contributed by atoms with van der Waals surface area (Å²) in [5, 5.41) is 2.60. The summed E-state index contributed by atoms with van der Waals surface area (Å²) >= 11 is 0. The molecular formula is C40H37N. The Labute approximate surface area is 245 Å². The molecule has 0 aliphatic heterocycles. The molecule has 0 saturated carbocycles. The van der Waals surface area contributed by atoms with Crippen LogP contribution < -0.4 is 0 Å². The zero-order chi connectivity index (χ0) is 27.7. The first-order valence-electron chi connectivity index (χ1n) is 14.4. The molecule has 1 aliphatic rings. The zero-order valence-electron chi connectivity index (χ0n) is 23.6. The quantitative estimate of drug-likeness (QED) is 0.214. The molecule has 1 aliphatic carbocycles. The molecule has 0 fully saturated rings. The standard InChI is InChI=1S/C40H31N.3H2/c1-26-14-18-31(19-15-26)41-38-21-17-29(27-10-6-4-7-11-27)22-34(38)35-24-37-33(25-39(35)41)32-20-16-30(23-36(32)40(37,2)3)28-12-8-5-9-13-28;;;/h4-25H,1-3H3;3*1H. The first kappa shape index (κ1) is 24.0. The highest BCUT2D eigenvalue weighted by Crippen LogP contribution is 2.52. The van der Waals surface area contributed by atoms with Gasteiger partial charge in [-0.25, -0.2) is 0 Å². The monoisotopic (exact) mass is 531 g/mol. The summed E-state index contributed by atoms with van der Waals surface area (Å²) < 4.78 is 2.45. The summed E-state index contributed by atoms with van der Waals surface area (Å²) in [6.07, 6.45) is 0. The van der Waals surface area contributed by atoms with Crippen LogP contribution in [0.2, 0.25) is 0 Å². The minimum absolute atomic E-state index is 0. The van der Waals surface area contributed by atoms with Gasteiger partial charge in [-0.05, 0) is 93.9 Å². The first-order chi connectivity index (χ1) is 20.0. The summed E-state index contributed by atoms with van der Waals surface area (Å²) in [7, 11) is 0. The average molecular weight is 532 g/mol. The molecule has 0 saturated heterocycles. The Morgan fingerprint density at radius 2 is 1.07 bits per heavy atom. The Bertz CT molecular complexity index is 2110.